The van der Waals surface area contributed by atoms with E-state index in [1.54, 1.807) is 18.2 Å². The number of rotatable bonds is 4. The van der Waals surface area contributed by atoms with E-state index in [-0.39, 0.29) is 22.4 Å². The van der Waals surface area contributed by atoms with Gasteiger partial charge in [0.1, 0.15) is 0 Å². The van der Waals surface area contributed by atoms with E-state index in [1.807, 2.05) is 27.7 Å². The minimum Gasteiger partial charge on any atom is -0.465 e. The van der Waals surface area contributed by atoms with Crippen molar-refractivity contribution in [1.82, 2.24) is 0 Å². The van der Waals surface area contributed by atoms with Crippen molar-refractivity contribution >= 4 is 21.7 Å². The van der Waals surface area contributed by atoms with Crippen LogP contribution in [0.5, 0.6) is 0 Å². The number of ether oxygens (including phenoxy) is 1. The maximum Gasteiger partial charge on any atom is 0.340 e. The highest BCUT2D eigenvalue weighted by molar-refractivity contribution is 7.92. The van der Waals surface area contributed by atoms with Gasteiger partial charge in [-0.1, -0.05) is 32.4 Å². The molecule has 0 aliphatic heterocycles. The predicted octanol–water partition coefficient (Wildman–Crippen LogP) is 2.57. The molecule has 1 rings (SSSR count). The lowest BCUT2D eigenvalue weighted by molar-refractivity contribution is 0.0602. The van der Waals surface area contributed by atoms with Crippen LogP contribution in [0.25, 0.3) is 0 Å². The van der Waals surface area contributed by atoms with Gasteiger partial charge in [0.15, 0.2) is 0 Å². The molecule has 0 saturated carbocycles. The van der Waals surface area contributed by atoms with Crippen LogP contribution < -0.4 is 4.72 Å². The molecule has 112 valence electrons. The summed E-state index contributed by atoms with van der Waals surface area (Å²) in [6.45, 7) is 7.33. The average molecular weight is 299 g/mol. The number of hydrogen-bond acceptors (Lipinski definition) is 4. The van der Waals surface area contributed by atoms with Crippen LogP contribution in [0, 0.1) is 12.3 Å². The van der Waals surface area contributed by atoms with Crippen molar-refractivity contribution in [1.29, 1.82) is 0 Å². The zero-order valence-corrected chi connectivity index (χ0v) is 13.3. The number of aryl methyl sites for hydroxylation is 1. The van der Waals surface area contributed by atoms with E-state index in [0.717, 1.165) is 5.56 Å². The maximum atomic E-state index is 12.1. The van der Waals surface area contributed by atoms with Gasteiger partial charge >= 0.3 is 5.97 Å². The van der Waals surface area contributed by atoms with Crippen LogP contribution in [0.4, 0.5) is 5.69 Å². The molecule has 0 aromatic heterocycles. The third-order valence-corrected chi connectivity index (χ3v) is 4.25. The summed E-state index contributed by atoms with van der Waals surface area (Å²) < 4.78 is 31.3. The quantitative estimate of drug-likeness (QED) is 0.867. The zero-order chi connectivity index (χ0) is 15.6. The Labute approximate surface area is 120 Å². The number of hydrogen-bond donors (Lipinski definition) is 1. The molecule has 0 fully saturated rings. The summed E-state index contributed by atoms with van der Waals surface area (Å²) in [5.74, 6) is -0.601. The molecule has 1 N–H and O–H groups in total. The highest BCUT2D eigenvalue weighted by Crippen LogP contribution is 2.22. The third-order valence-electron chi connectivity index (χ3n) is 2.47. The Kier molecular flexibility index (Phi) is 4.81. The fourth-order valence-corrected chi connectivity index (χ4v) is 3.52. The molecule has 0 bridgehead atoms. The van der Waals surface area contributed by atoms with Gasteiger partial charge in [-0.3, -0.25) is 4.72 Å². The summed E-state index contributed by atoms with van der Waals surface area (Å²) in [6, 6.07) is 4.91. The molecule has 0 atom stereocenters. The summed E-state index contributed by atoms with van der Waals surface area (Å²) in [6.07, 6.45) is 0. The molecule has 1 aromatic rings. The highest BCUT2D eigenvalue weighted by atomic mass is 32.2. The number of benzene rings is 1. The standard InChI is InChI=1S/C14H21NO4S/c1-10-6-7-12(11(8-10)13(16)19-5)15-20(17,18)9-14(2,3)4/h6-8,15H,9H2,1-5H3. The van der Waals surface area contributed by atoms with E-state index in [0.29, 0.717) is 0 Å². The molecule has 0 spiro atoms. The Morgan fingerprint density at radius 2 is 1.90 bits per heavy atom. The molecule has 20 heavy (non-hydrogen) atoms. The van der Waals surface area contributed by atoms with E-state index in [4.69, 9.17) is 0 Å². The zero-order valence-electron chi connectivity index (χ0n) is 12.5. The lowest BCUT2D eigenvalue weighted by Crippen LogP contribution is -2.27. The predicted molar refractivity (Wildman–Crippen MR) is 79.4 cm³/mol. The lowest BCUT2D eigenvalue weighted by atomic mass is 10.0. The van der Waals surface area contributed by atoms with Gasteiger partial charge < -0.3 is 4.74 Å². The first-order valence-electron chi connectivity index (χ1n) is 6.23. The number of esters is 1. The molecular weight excluding hydrogens is 278 g/mol. The van der Waals surface area contributed by atoms with Gasteiger partial charge in [0.05, 0.1) is 24.1 Å². The van der Waals surface area contributed by atoms with Crippen molar-refractivity contribution in [2.75, 3.05) is 17.6 Å². The molecule has 5 nitrogen and oxygen atoms in total. The summed E-state index contributed by atoms with van der Waals surface area (Å²) >= 11 is 0. The SMILES string of the molecule is COC(=O)c1cc(C)ccc1NS(=O)(=O)CC(C)(C)C. The molecule has 0 radical (unpaired) electrons. The van der Waals surface area contributed by atoms with Gasteiger partial charge in [-0.25, -0.2) is 13.2 Å². The molecule has 0 unspecified atom stereocenters. The molecule has 6 heteroatoms. The molecule has 0 saturated heterocycles. The van der Waals surface area contributed by atoms with E-state index in [9.17, 15) is 13.2 Å². The van der Waals surface area contributed by atoms with E-state index in [1.165, 1.54) is 7.11 Å². The fraction of sp³-hybridized carbons (Fsp3) is 0.500. The number of sulfonamides is 1. The van der Waals surface area contributed by atoms with Crippen LogP contribution in [-0.4, -0.2) is 27.2 Å². The van der Waals surface area contributed by atoms with E-state index >= 15 is 0 Å². The van der Waals surface area contributed by atoms with Crippen LogP contribution in [0.3, 0.4) is 0 Å². The number of anilines is 1. The van der Waals surface area contributed by atoms with Crippen molar-refractivity contribution in [3.05, 3.63) is 29.3 Å². The molecular formula is C14H21NO4S. The maximum absolute atomic E-state index is 12.1. The van der Waals surface area contributed by atoms with Crippen LogP contribution in [0.15, 0.2) is 18.2 Å². The Morgan fingerprint density at radius 3 is 2.40 bits per heavy atom. The van der Waals surface area contributed by atoms with Gasteiger partial charge in [0.25, 0.3) is 0 Å². The van der Waals surface area contributed by atoms with Crippen molar-refractivity contribution in [3.8, 4) is 0 Å². The third kappa shape index (κ3) is 4.85. The van der Waals surface area contributed by atoms with Crippen molar-refractivity contribution in [3.63, 3.8) is 0 Å². The van der Waals surface area contributed by atoms with Crippen LogP contribution in [0.1, 0.15) is 36.7 Å². The summed E-state index contributed by atoms with van der Waals surface area (Å²) in [5, 5.41) is 0. The number of carbonyl (C=O) groups excluding carboxylic acids is 1. The van der Waals surface area contributed by atoms with Crippen LogP contribution in [0.2, 0.25) is 0 Å². The molecule has 0 aliphatic carbocycles. The Morgan fingerprint density at radius 1 is 1.30 bits per heavy atom. The first kappa shape index (κ1) is 16.5. The monoisotopic (exact) mass is 299 g/mol. The minimum absolute atomic E-state index is 0.0332. The number of methoxy groups -OCH3 is 1. The topological polar surface area (TPSA) is 72.5 Å². The van der Waals surface area contributed by atoms with Gasteiger partial charge in [0, 0.05) is 0 Å². The van der Waals surface area contributed by atoms with Crippen molar-refractivity contribution < 1.29 is 17.9 Å². The van der Waals surface area contributed by atoms with Crippen LogP contribution >= 0.6 is 0 Å². The molecule has 0 aliphatic rings. The van der Waals surface area contributed by atoms with Gasteiger partial charge in [-0.05, 0) is 24.5 Å². The second-order valence-electron chi connectivity index (χ2n) is 5.96. The normalized spacial score (nSPS) is 12.1. The van der Waals surface area contributed by atoms with Crippen molar-refractivity contribution in [2.24, 2.45) is 5.41 Å². The largest absolute Gasteiger partial charge is 0.465 e. The van der Waals surface area contributed by atoms with Crippen LogP contribution in [-0.2, 0) is 14.8 Å². The van der Waals surface area contributed by atoms with E-state index < -0.39 is 16.0 Å². The van der Waals surface area contributed by atoms with Gasteiger partial charge in [-0.2, -0.15) is 0 Å². The first-order chi connectivity index (χ1) is 9.04. The second kappa shape index (κ2) is 5.83. The molecule has 0 amide bonds. The fourth-order valence-electron chi connectivity index (χ4n) is 1.80. The highest BCUT2D eigenvalue weighted by Gasteiger charge is 2.23. The van der Waals surface area contributed by atoms with Gasteiger partial charge in [-0.15, -0.1) is 0 Å². The Bertz CT molecular complexity index is 600. The summed E-state index contributed by atoms with van der Waals surface area (Å²) in [5.41, 5.74) is 0.933. The van der Waals surface area contributed by atoms with Gasteiger partial charge in [0.2, 0.25) is 10.0 Å². The minimum atomic E-state index is -3.53. The van der Waals surface area contributed by atoms with Crippen molar-refractivity contribution in [2.45, 2.75) is 27.7 Å². The Balaban J connectivity index is 3.12. The lowest BCUT2D eigenvalue weighted by Gasteiger charge is -2.19. The summed E-state index contributed by atoms with van der Waals surface area (Å²) in [4.78, 5) is 11.7. The van der Waals surface area contributed by atoms with E-state index in [2.05, 4.69) is 9.46 Å². The average Bonchev–Trinajstić information content (AvgIpc) is 2.27. The smallest absolute Gasteiger partial charge is 0.340 e. The first-order valence-corrected chi connectivity index (χ1v) is 7.89. The molecule has 0 heterocycles. The summed E-state index contributed by atoms with van der Waals surface area (Å²) in [7, 11) is -2.27. The number of nitrogens with one attached hydrogen (secondary N) is 1. The Hall–Kier alpha value is -1.56. The molecule has 1 aromatic carbocycles. The number of carbonyl (C=O) groups is 1. The second-order valence-corrected chi connectivity index (χ2v) is 7.68.